The number of thiazole rings is 1. The summed E-state index contributed by atoms with van der Waals surface area (Å²) in [4.78, 5) is 13.7. The molecule has 0 bridgehead atoms. The summed E-state index contributed by atoms with van der Waals surface area (Å²) in [6.45, 7) is 6.95. The molecule has 6 heteroatoms. The molecule has 2 aliphatic rings. The van der Waals surface area contributed by atoms with Gasteiger partial charge in [0.25, 0.3) is 0 Å². The van der Waals surface area contributed by atoms with E-state index in [0.717, 1.165) is 42.3 Å². The molecule has 136 valence electrons. The standard InChI is InChI=1S/C20H25N5S/c1-14-10-17(16(12-21)15(2)23-14)25-7-4-20(5-8-25)11-18(20)24(3)13-19-22-6-9-26-19/h6,9-10,18H,4-5,7-8,11,13H2,1-3H3/t18-/m0/s1. The molecule has 5 nitrogen and oxygen atoms in total. The first kappa shape index (κ1) is 17.4. The number of aromatic nitrogens is 2. The molecule has 0 radical (unpaired) electrons. The predicted octanol–water partition coefficient (Wildman–Crippen LogP) is 3.52. The normalized spacial score (nSPS) is 21.2. The molecule has 1 aliphatic carbocycles. The summed E-state index contributed by atoms with van der Waals surface area (Å²) in [5.41, 5.74) is 4.10. The van der Waals surface area contributed by atoms with Gasteiger partial charge < -0.3 is 4.90 Å². The highest BCUT2D eigenvalue weighted by atomic mass is 32.1. The average molecular weight is 368 g/mol. The number of aryl methyl sites for hydroxylation is 2. The molecule has 4 rings (SSSR count). The molecule has 2 fully saturated rings. The Kier molecular flexibility index (Phi) is 4.45. The number of rotatable bonds is 4. The predicted molar refractivity (Wildman–Crippen MR) is 104 cm³/mol. The molecule has 0 N–H and O–H groups in total. The number of nitrogens with zero attached hydrogens (tertiary/aromatic N) is 5. The van der Waals surface area contributed by atoms with E-state index >= 15 is 0 Å². The highest BCUT2D eigenvalue weighted by Crippen LogP contribution is 2.57. The van der Waals surface area contributed by atoms with Crippen LogP contribution in [0.5, 0.6) is 0 Å². The largest absolute Gasteiger partial charge is 0.370 e. The zero-order valence-electron chi connectivity index (χ0n) is 15.7. The summed E-state index contributed by atoms with van der Waals surface area (Å²) in [5, 5.41) is 12.8. The Morgan fingerprint density at radius 2 is 2.15 bits per heavy atom. The van der Waals surface area contributed by atoms with Crippen LogP contribution in [0.2, 0.25) is 0 Å². The van der Waals surface area contributed by atoms with Crippen molar-refractivity contribution >= 4 is 17.0 Å². The van der Waals surface area contributed by atoms with E-state index in [0.29, 0.717) is 11.5 Å². The molecule has 1 aliphatic heterocycles. The summed E-state index contributed by atoms with van der Waals surface area (Å²) < 4.78 is 0. The molecule has 0 aromatic carbocycles. The minimum Gasteiger partial charge on any atom is -0.370 e. The van der Waals surface area contributed by atoms with Crippen LogP contribution in [0.1, 0.15) is 41.2 Å². The van der Waals surface area contributed by atoms with Crippen LogP contribution in [0.25, 0.3) is 0 Å². The van der Waals surface area contributed by atoms with Gasteiger partial charge in [0.15, 0.2) is 0 Å². The lowest BCUT2D eigenvalue weighted by Gasteiger charge is -2.36. The van der Waals surface area contributed by atoms with Crippen LogP contribution in [0, 0.1) is 30.6 Å². The molecule has 26 heavy (non-hydrogen) atoms. The minimum absolute atomic E-state index is 0.465. The molecule has 0 unspecified atom stereocenters. The summed E-state index contributed by atoms with van der Waals surface area (Å²) in [6, 6.07) is 5.10. The Morgan fingerprint density at radius 1 is 1.38 bits per heavy atom. The van der Waals surface area contributed by atoms with Gasteiger partial charge in [0.1, 0.15) is 11.1 Å². The smallest absolute Gasteiger partial charge is 0.107 e. The number of nitriles is 1. The Labute approximate surface area is 159 Å². The molecular formula is C20H25N5S. The van der Waals surface area contributed by atoms with E-state index in [9.17, 15) is 5.26 Å². The molecule has 2 aromatic rings. The Bertz CT molecular complexity index is 831. The van der Waals surface area contributed by atoms with E-state index in [1.807, 2.05) is 20.0 Å². The van der Waals surface area contributed by atoms with Crippen molar-refractivity contribution in [2.45, 2.75) is 45.7 Å². The lowest BCUT2D eigenvalue weighted by atomic mass is 9.91. The van der Waals surface area contributed by atoms with Crippen molar-refractivity contribution in [2.24, 2.45) is 5.41 Å². The van der Waals surface area contributed by atoms with Crippen LogP contribution in [-0.2, 0) is 6.54 Å². The number of pyridine rings is 1. The van der Waals surface area contributed by atoms with Crippen molar-refractivity contribution in [3.8, 4) is 6.07 Å². The van der Waals surface area contributed by atoms with Gasteiger partial charge >= 0.3 is 0 Å². The zero-order valence-corrected chi connectivity index (χ0v) is 16.5. The van der Waals surface area contributed by atoms with E-state index in [4.69, 9.17) is 0 Å². The quantitative estimate of drug-likeness (QED) is 0.828. The van der Waals surface area contributed by atoms with Crippen molar-refractivity contribution in [2.75, 3.05) is 25.0 Å². The van der Waals surface area contributed by atoms with Crippen molar-refractivity contribution in [1.29, 1.82) is 5.26 Å². The van der Waals surface area contributed by atoms with Crippen LogP contribution in [0.4, 0.5) is 5.69 Å². The SMILES string of the molecule is Cc1cc(N2CCC3(CC2)C[C@@H]3N(C)Cc2nccs2)c(C#N)c(C)n1. The first-order valence-electron chi connectivity index (χ1n) is 9.24. The highest BCUT2D eigenvalue weighted by Gasteiger charge is 2.56. The number of anilines is 1. The molecular weight excluding hydrogens is 342 g/mol. The van der Waals surface area contributed by atoms with E-state index < -0.39 is 0 Å². The van der Waals surface area contributed by atoms with Crippen LogP contribution < -0.4 is 4.90 Å². The summed E-state index contributed by atoms with van der Waals surface area (Å²) in [7, 11) is 2.23. The van der Waals surface area contributed by atoms with Crippen molar-refractivity contribution in [3.05, 3.63) is 39.6 Å². The van der Waals surface area contributed by atoms with Gasteiger partial charge in [0.2, 0.25) is 0 Å². The Balaban J connectivity index is 1.42. The van der Waals surface area contributed by atoms with Crippen LogP contribution in [-0.4, -0.2) is 41.0 Å². The van der Waals surface area contributed by atoms with Crippen LogP contribution in [0.3, 0.4) is 0 Å². The summed E-state index contributed by atoms with van der Waals surface area (Å²) in [5.74, 6) is 0. The molecule has 2 aromatic heterocycles. The highest BCUT2D eigenvalue weighted by molar-refractivity contribution is 7.09. The number of hydrogen-bond donors (Lipinski definition) is 0. The molecule has 1 saturated heterocycles. The van der Waals surface area contributed by atoms with E-state index in [1.165, 1.54) is 24.3 Å². The molecule has 3 heterocycles. The Hall–Kier alpha value is -1.97. The second-order valence-corrected chi connectivity index (χ2v) is 8.74. The third-order valence-electron chi connectivity index (χ3n) is 6.07. The van der Waals surface area contributed by atoms with Gasteiger partial charge in [-0.15, -0.1) is 11.3 Å². The van der Waals surface area contributed by atoms with Crippen LogP contribution in [0.15, 0.2) is 17.6 Å². The second kappa shape index (κ2) is 6.64. The fraction of sp³-hybridized carbons (Fsp3) is 0.550. The number of hydrogen-bond acceptors (Lipinski definition) is 6. The van der Waals surface area contributed by atoms with Gasteiger partial charge in [-0.25, -0.2) is 4.98 Å². The third-order valence-corrected chi connectivity index (χ3v) is 6.83. The maximum absolute atomic E-state index is 9.54. The van der Waals surface area contributed by atoms with Gasteiger partial charge in [-0.1, -0.05) is 0 Å². The molecule has 1 atom stereocenters. The van der Waals surface area contributed by atoms with Gasteiger partial charge in [-0.2, -0.15) is 5.26 Å². The second-order valence-electron chi connectivity index (χ2n) is 7.77. The molecule has 1 spiro atoms. The van der Waals surface area contributed by atoms with Crippen molar-refractivity contribution in [3.63, 3.8) is 0 Å². The van der Waals surface area contributed by atoms with Crippen molar-refractivity contribution < 1.29 is 0 Å². The number of piperidine rings is 1. The third kappa shape index (κ3) is 3.10. The monoisotopic (exact) mass is 367 g/mol. The summed E-state index contributed by atoms with van der Waals surface area (Å²) in [6.07, 6.45) is 5.58. The lowest BCUT2D eigenvalue weighted by Crippen LogP contribution is -2.38. The zero-order chi connectivity index (χ0) is 18.3. The first-order chi connectivity index (χ1) is 12.5. The van der Waals surface area contributed by atoms with Crippen LogP contribution >= 0.6 is 11.3 Å². The van der Waals surface area contributed by atoms with Gasteiger partial charge in [0, 0.05) is 36.4 Å². The fourth-order valence-electron chi connectivity index (χ4n) is 4.53. The molecule has 0 amide bonds. The summed E-state index contributed by atoms with van der Waals surface area (Å²) >= 11 is 1.74. The topological polar surface area (TPSA) is 56.0 Å². The van der Waals surface area contributed by atoms with E-state index in [1.54, 1.807) is 11.3 Å². The van der Waals surface area contributed by atoms with Crippen molar-refractivity contribution in [1.82, 2.24) is 14.9 Å². The Morgan fingerprint density at radius 3 is 2.81 bits per heavy atom. The maximum Gasteiger partial charge on any atom is 0.107 e. The van der Waals surface area contributed by atoms with E-state index in [2.05, 4.69) is 44.3 Å². The van der Waals surface area contributed by atoms with Gasteiger partial charge in [-0.3, -0.25) is 9.88 Å². The van der Waals surface area contributed by atoms with E-state index in [-0.39, 0.29) is 0 Å². The fourth-order valence-corrected chi connectivity index (χ4v) is 5.21. The minimum atomic E-state index is 0.465. The lowest BCUT2D eigenvalue weighted by molar-refractivity contribution is 0.239. The molecule has 1 saturated carbocycles. The maximum atomic E-state index is 9.54. The van der Waals surface area contributed by atoms with Gasteiger partial charge in [-0.05, 0) is 51.6 Å². The van der Waals surface area contributed by atoms with Gasteiger partial charge in [0.05, 0.1) is 23.5 Å². The average Bonchev–Trinajstić information content (AvgIpc) is 3.06. The first-order valence-corrected chi connectivity index (χ1v) is 10.1.